The number of aryl methyl sites for hydroxylation is 2. The molecule has 0 fully saturated rings. The molecule has 0 atom stereocenters. The van der Waals surface area contributed by atoms with Crippen molar-refractivity contribution in [3.63, 3.8) is 0 Å². The third kappa shape index (κ3) is 4.00. The number of hydrogen-bond acceptors (Lipinski definition) is 4. The molecule has 5 nitrogen and oxygen atoms in total. The van der Waals surface area contributed by atoms with E-state index in [1.165, 1.54) is 12.3 Å². The van der Waals surface area contributed by atoms with Crippen molar-refractivity contribution in [1.82, 2.24) is 4.98 Å². The number of pyridine rings is 1. The fourth-order valence-electron chi connectivity index (χ4n) is 2.54. The highest BCUT2D eigenvalue weighted by Gasteiger charge is 2.17. The summed E-state index contributed by atoms with van der Waals surface area (Å²) in [6, 6.07) is 14.5. The second-order valence-electron chi connectivity index (χ2n) is 5.91. The summed E-state index contributed by atoms with van der Waals surface area (Å²) in [6.45, 7) is 3.66. The Morgan fingerprint density at radius 1 is 1.00 bits per heavy atom. The molecule has 3 rings (SSSR count). The van der Waals surface area contributed by atoms with Crippen LogP contribution in [0.1, 0.15) is 11.1 Å². The summed E-state index contributed by atoms with van der Waals surface area (Å²) in [5.41, 5.74) is 2.28. The van der Waals surface area contributed by atoms with E-state index in [1.807, 2.05) is 13.0 Å². The molecule has 2 N–H and O–H groups in total. The summed E-state index contributed by atoms with van der Waals surface area (Å²) < 4.78 is 41.3. The molecule has 0 unspecified atom stereocenters. The van der Waals surface area contributed by atoms with E-state index < -0.39 is 15.8 Å². The number of para-hydroxylation sites is 1. The van der Waals surface area contributed by atoms with Gasteiger partial charge >= 0.3 is 0 Å². The van der Waals surface area contributed by atoms with Crippen molar-refractivity contribution >= 4 is 27.2 Å². The highest BCUT2D eigenvalue weighted by molar-refractivity contribution is 7.92. The van der Waals surface area contributed by atoms with Gasteiger partial charge in [0.1, 0.15) is 11.6 Å². The van der Waals surface area contributed by atoms with Crippen molar-refractivity contribution < 1.29 is 12.8 Å². The van der Waals surface area contributed by atoms with Crippen LogP contribution in [0.25, 0.3) is 0 Å². The smallest absolute Gasteiger partial charge is 0.262 e. The lowest BCUT2D eigenvalue weighted by atomic mass is 10.2. The van der Waals surface area contributed by atoms with E-state index in [2.05, 4.69) is 15.0 Å². The van der Waals surface area contributed by atoms with Crippen LogP contribution in [0.4, 0.5) is 21.6 Å². The van der Waals surface area contributed by atoms with Crippen molar-refractivity contribution in [3.8, 4) is 0 Å². The van der Waals surface area contributed by atoms with Crippen LogP contribution in [-0.4, -0.2) is 13.4 Å². The Morgan fingerprint density at radius 2 is 1.77 bits per heavy atom. The Balaban J connectivity index is 1.77. The van der Waals surface area contributed by atoms with E-state index in [1.54, 1.807) is 49.4 Å². The lowest BCUT2D eigenvalue weighted by molar-refractivity contribution is 0.600. The quantitative estimate of drug-likeness (QED) is 0.698. The van der Waals surface area contributed by atoms with Crippen LogP contribution in [0, 0.1) is 19.7 Å². The summed E-state index contributed by atoms with van der Waals surface area (Å²) in [4.78, 5) is 4.34. The number of hydrogen-bond donors (Lipinski definition) is 2. The number of anilines is 3. The van der Waals surface area contributed by atoms with Crippen LogP contribution in [0.3, 0.4) is 0 Å². The molecule has 0 aliphatic carbocycles. The third-order valence-corrected chi connectivity index (χ3v) is 5.31. The molecule has 1 aromatic heterocycles. The Labute approximate surface area is 152 Å². The van der Waals surface area contributed by atoms with Gasteiger partial charge in [-0.05, 0) is 49.7 Å². The number of benzene rings is 2. The molecule has 3 aromatic rings. The predicted octanol–water partition coefficient (Wildman–Crippen LogP) is 4.38. The Hall–Kier alpha value is -2.93. The number of halogens is 1. The van der Waals surface area contributed by atoms with Gasteiger partial charge in [0.25, 0.3) is 10.0 Å². The van der Waals surface area contributed by atoms with Crippen molar-refractivity contribution in [3.05, 3.63) is 77.7 Å². The topological polar surface area (TPSA) is 71.1 Å². The summed E-state index contributed by atoms with van der Waals surface area (Å²) in [5.74, 6) is 0.0125. The van der Waals surface area contributed by atoms with E-state index in [-0.39, 0.29) is 4.90 Å². The summed E-state index contributed by atoms with van der Waals surface area (Å²) in [7, 11) is -3.71. The van der Waals surface area contributed by atoms with Crippen LogP contribution >= 0.6 is 0 Å². The maximum atomic E-state index is 13.6. The van der Waals surface area contributed by atoms with Crippen LogP contribution in [0.5, 0.6) is 0 Å². The molecule has 0 bridgehead atoms. The van der Waals surface area contributed by atoms with Crippen molar-refractivity contribution in [1.29, 1.82) is 0 Å². The second-order valence-corrected chi connectivity index (χ2v) is 7.56. The van der Waals surface area contributed by atoms with E-state index >= 15 is 0 Å². The normalized spacial score (nSPS) is 11.2. The van der Waals surface area contributed by atoms with Crippen LogP contribution in [0.2, 0.25) is 0 Å². The molecule has 7 heteroatoms. The zero-order chi connectivity index (χ0) is 18.7. The number of nitrogens with zero attached hydrogens (tertiary/aromatic N) is 1. The number of aromatic nitrogens is 1. The first-order chi connectivity index (χ1) is 12.3. The first-order valence-electron chi connectivity index (χ1n) is 7.93. The fourth-order valence-corrected chi connectivity index (χ4v) is 3.81. The number of nitrogens with one attached hydrogen (secondary N) is 2. The SMILES string of the molecule is Cc1ccc(S(=O)(=O)Nc2ccc(Nc3ccccc3F)nc2)c(C)c1. The highest BCUT2D eigenvalue weighted by Crippen LogP contribution is 2.22. The average Bonchev–Trinajstić information content (AvgIpc) is 2.58. The summed E-state index contributed by atoms with van der Waals surface area (Å²) in [6.07, 6.45) is 1.38. The molecular formula is C19H18FN3O2S. The van der Waals surface area contributed by atoms with Gasteiger partial charge in [0.05, 0.1) is 22.5 Å². The third-order valence-electron chi connectivity index (χ3n) is 3.77. The molecule has 0 saturated heterocycles. The van der Waals surface area contributed by atoms with E-state index in [0.717, 1.165) is 5.56 Å². The van der Waals surface area contributed by atoms with Gasteiger partial charge in [-0.1, -0.05) is 29.8 Å². The minimum absolute atomic E-state index is 0.219. The largest absolute Gasteiger partial charge is 0.338 e. The van der Waals surface area contributed by atoms with Crippen molar-refractivity contribution in [2.24, 2.45) is 0 Å². The zero-order valence-electron chi connectivity index (χ0n) is 14.3. The standard InChI is InChI=1S/C19H18FN3O2S/c1-13-7-9-18(14(2)11-13)26(24,25)23-15-8-10-19(21-12-15)22-17-6-4-3-5-16(17)20/h3-12,23H,1-2H3,(H,21,22). The van der Waals surface area contributed by atoms with Crippen LogP contribution < -0.4 is 10.0 Å². The van der Waals surface area contributed by atoms with Gasteiger partial charge in [0, 0.05) is 0 Å². The number of rotatable bonds is 5. The Bertz CT molecular complexity index is 1030. The van der Waals surface area contributed by atoms with E-state index in [0.29, 0.717) is 22.8 Å². The minimum atomic E-state index is -3.71. The van der Waals surface area contributed by atoms with Gasteiger partial charge in [-0.3, -0.25) is 4.72 Å². The van der Waals surface area contributed by atoms with Gasteiger partial charge in [-0.25, -0.2) is 17.8 Å². The molecular weight excluding hydrogens is 353 g/mol. The molecule has 2 aromatic carbocycles. The molecule has 26 heavy (non-hydrogen) atoms. The van der Waals surface area contributed by atoms with Crippen LogP contribution in [-0.2, 0) is 10.0 Å². The highest BCUT2D eigenvalue weighted by atomic mass is 32.2. The molecule has 0 radical (unpaired) electrons. The molecule has 0 aliphatic rings. The average molecular weight is 371 g/mol. The molecule has 0 spiro atoms. The number of sulfonamides is 1. The monoisotopic (exact) mass is 371 g/mol. The first-order valence-corrected chi connectivity index (χ1v) is 9.41. The maximum Gasteiger partial charge on any atom is 0.262 e. The molecule has 1 heterocycles. The summed E-state index contributed by atoms with van der Waals surface area (Å²) in [5, 5.41) is 2.85. The maximum absolute atomic E-state index is 13.6. The van der Waals surface area contributed by atoms with Gasteiger partial charge in [0.15, 0.2) is 0 Å². The fraction of sp³-hybridized carbons (Fsp3) is 0.105. The summed E-state index contributed by atoms with van der Waals surface area (Å²) >= 11 is 0. The molecule has 0 amide bonds. The predicted molar refractivity (Wildman–Crippen MR) is 101 cm³/mol. The van der Waals surface area contributed by atoms with Crippen molar-refractivity contribution in [2.75, 3.05) is 10.0 Å². The van der Waals surface area contributed by atoms with Gasteiger partial charge < -0.3 is 5.32 Å². The van der Waals surface area contributed by atoms with Gasteiger partial charge in [0.2, 0.25) is 0 Å². The molecule has 134 valence electrons. The molecule has 0 saturated carbocycles. The Morgan fingerprint density at radius 3 is 2.42 bits per heavy atom. The molecule has 0 aliphatic heterocycles. The lowest BCUT2D eigenvalue weighted by Gasteiger charge is -2.11. The van der Waals surface area contributed by atoms with E-state index in [9.17, 15) is 12.8 Å². The Kier molecular flexibility index (Phi) is 4.90. The lowest BCUT2D eigenvalue weighted by Crippen LogP contribution is -2.14. The zero-order valence-corrected chi connectivity index (χ0v) is 15.1. The van der Waals surface area contributed by atoms with Crippen molar-refractivity contribution in [2.45, 2.75) is 18.7 Å². The van der Waals surface area contributed by atoms with E-state index in [4.69, 9.17) is 0 Å². The van der Waals surface area contributed by atoms with Crippen LogP contribution in [0.15, 0.2) is 65.7 Å². The van der Waals surface area contributed by atoms with Gasteiger partial charge in [-0.15, -0.1) is 0 Å². The minimum Gasteiger partial charge on any atom is -0.338 e. The second kappa shape index (κ2) is 7.13. The first kappa shape index (κ1) is 17.9. The van der Waals surface area contributed by atoms with Gasteiger partial charge in [-0.2, -0.15) is 0 Å².